The Bertz CT molecular complexity index is 524. The van der Waals surface area contributed by atoms with Crippen molar-refractivity contribution in [2.45, 2.75) is 46.1 Å². The molecule has 1 atom stereocenters. The predicted molar refractivity (Wildman–Crippen MR) is 90.3 cm³/mol. The van der Waals surface area contributed by atoms with Crippen LogP contribution < -0.4 is 0 Å². The number of rotatable bonds is 4. The molecule has 1 saturated carbocycles. The molecule has 2 aliphatic rings. The van der Waals surface area contributed by atoms with Crippen molar-refractivity contribution in [3.05, 3.63) is 16.1 Å². The maximum atomic E-state index is 12.8. The van der Waals surface area contributed by atoms with E-state index in [9.17, 15) is 4.79 Å². The molecule has 1 aromatic heterocycles. The number of hydrogen-bond acceptors (Lipinski definition) is 4. The Labute approximate surface area is 137 Å². The second-order valence-corrected chi connectivity index (χ2v) is 7.98. The third-order valence-electron chi connectivity index (χ3n) is 4.94. The molecule has 1 aromatic rings. The highest BCUT2D eigenvalue weighted by Gasteiger charge is 2.33. The second kappa shape index (κ2) is 6.67. The molecule has 22 heavy (non-hydrogen) atoms. The zero-order valence-electron chi connectivity index (χ0n) is 13.9. The number of thiazole rings is 1. The smallest absolute Gasteiger partial charge is 0.265 e. The Balaban J connectivity index is 1.73. The van der Waals surface area contributed by atoms with E-state index in [2.05, 4.69) is 28.6 Å². The summed E-state index contributed by atoms with van der Waals surface area (Å²) in [6.07, 6.45) is 3.87. The third kappa shape index (κ3) is 3.51. The zero-order valence-corrected chi connectivity index (χ0v) is 14.7. The van der Waals surface area contributed by atoms with Crippen LogP contribution in [0, 0.1) is 18.8 Å². The average molecular weight is 321 g/mol. The van der Waals surface area contributed by atoms with E-state index in [1.54, 1.807) is 5.51 Å². The molecule has 2 fully saturated rings. The molecule has 0 radical (unpaired) electrons. The standard InChI is InChI=1S/C17H27N3OS/c1-12(2)15-10-20(17(21)16-13(3)18-11-22-16)8-4-7-19(15)9-14-5-6-14/h11-12,14-15H,4-10H2,1-3H3. The van der Waals surface area contributed by atoms with Crippen molar-refractivity contribution in [3.8, 4) is 0 Å². The van der Waals surface area contributed by atoms with Crippen molar-refractivity contribution in [2.24, 2.45) is 11.8 Å². The molecule has 1 unspecified atom stereocenters. The van der Waals surface area contributed by atoms with Gasteiger partial charge in [-0.3, -0.25) is 9.69 Å². The molecule has 122 valence electrons. The number of aryl methyl sites for hydroxylation is 1. The van der Waals surface area contributed by atoms with E-state index in [1.807, 2.05) is 6.92 Å². The van der Waals surface area contributed by atoms with Crippen LogP contribution in [0.2, 0.25) is 0 Å². The molecule has 5 heteroatoms. The van der Waals surface area contributed by atoms with Crippen LogP contribution in [0.4, 0.5) is 0 Å². The first-order valence-electron chi connectivity index (χ1n) is 8.49. The largest absolute Gasteiger partial charge is 0.336 e. The highest BCUT2D eigenvalue weighted by molar-refractivity contribution is 7.11. The van der Waals surface area contributed by atoms with Crippen LogP contribution in [-0.2, 0) is 0 Å². The minimum absolute atomic E-state index is 0.180. The lowest BCUT2D eigenvalue weighted by atomic mass is 10.0. The topological polar surface area (TPSA) is 36.4 Å². The van der Waals surface area contributed by atoms with Gasteiger partial charge in [0.15, 0.2) is 0 Å². The minimum atomic E-state index is 0.180. The van der Waals surface area contributed by atoms with Gasteiger partial charge in [-0.1, -0.05) is 13.8 Å². The Kier molecular flexibility index (Phi) is 4.83. The fourth-order valence-corrected chi connectivity index (χ4v) is 4.16. The summed E-state index contributed by atoms with van der Waals surface area (Å²) in [5, 5.41) is 0. The van der Waals surface area contributed by atoms with Crippen LogP contribution in [0.5, 0.6) is 0 Å². The quantitative estimate of drug-likeness (QED) is 0.855. The summed E-state index contributed by atoms with van der Waals surface area (Å²) in [5.74, 6) is 1.67. The number of nitrogens with zero attached hydrogens (tertiary/aromatic N) is 3. The third-order valence-corrected chi connectivity index (χ3v) is 5.85. The molecule has 1 aliphatic carbocycles. The number of carbonyl (C=O) groups is 1. The Morgan fingerprint density at radius 2 is 2.18 bits per heavy atom. The lowest BCUT2D eigenvalue weighted by molar-refractivity contribution is 0.0708. The molecule has 3 rings (SSSR count). The molecular formula is C17H27N3OS. The molecule has 1 amide bonds. The molecular weight excluding hydrogens is 294 g/mol. The Morgan fingerprint density at radius 1 is 1.41 bits per heavy atom. The lowest BCUT2D eigenvalue weighted by Crippen LogP contribution is -2.46. The van der Waals surface area contributed by atoms with Gasteiger partial charge in [0.1, 0.15) is 4.88 Å². The molecule has 0 N–H and O–H groups in total. The summed E-state index contributed by atoms with van der Waals surface area (Å²) in [7, 11) is 0. The predicted octanol–water partition coefficient (Wildman–Crippen LogP) is 3.03. The minimum Gasteiger partial charge on any atom is -0.336 e. The molecule has 4 nitrogen and oxygen atoms in total. The van der Waals surface area contributed by atoms with Gasteiger partial charge in [-0.2, -0.15) is 0 Å². The van der Waals surface area contributed by atoms with Gasteiger partial charge in [0.25, 0.3) is 5.91 Å². The highest BCUT2D eigenvalue weighted by atomic mass is 32.1. The van der Waals surface area contributed by atoms with Gasteiger partial charge in [0.05, 0.1) is 11.2 Å². The summed E-state index contributed by atoms with van der Waals surface area (Å²) in [6.45, 7) is 10.6. The summed E-state index contributed by atoms with van der Waals surface area (Å²) in [6, 6.07) is 0.486. The molecule has 2 heterocycles. The van der Waals surface area contributed by atoms with Gasteiger partial charge in [0, 0.05) is 32.2 Å². The van der Waals surface area contributed by atoms with Crippen LogP contribution >= 0.6 is 11.3 Å². The molecule has 1 aliphatic heterocycles. The van der Waals surface area contributed by atoms with Gasteiger partial charge in [-0.25, -0.2) is 4.98 Å². The maximum Gasteiger partial charge on any atom is 0.265 e. The van der Waals surface area contributed by atoms with E-state index in [1.165, 1.54) is 30.7 Å². The van der Waals surface area contributed by atoms with Crippen molar-refractivity contribution in [3.63, 3.8) is 0 Å². The van der Waals surface area contributed by atoms with E-state index in [0.29, 0.717) is 12.0 Å². The van der Waals surface area contributed by atoms with Crippen LogP contribution in [0.25, 0.3) is 0 Å². The van der Waals surface area contributed by atoms with Gasteiger partial charge < -0.3 is 4.90 Å². The second-order valence-electron chi connectivity index (χ2n) is 7.12. The van der Waals surface area contributed by atoms with Crippen molar-refractivity contribution in [1.29, 1.82) is 0 Å². The number of aromatic nitrogens is 1. The summed E-state index contributed by atoms with van der Waals surface area (Å²) in [4.78, 5) is 22.6. The molecule has 1 saturated heterocycles. The summed E-state index contributed by atoms with van der Waals surface area (Å²) < 4.78 is 0. The highest BCUT2D eigenvalue weighted by Crippen LogP contribution is 2.32. The zero-order chi connectivity index (χ0) is 15.7. The van der Waals surface area contributed by atoms with E-state index in [4.69, 9.17) is 0 Å². The van der Waals surface area contributed by atoms with Crippen LogP contribution in [-0.4, -0.2) is 52.9 Å². The van der Waals surface area contributed by atoms with Crippen molar-refractivity contribution < 1.29 is 4.79 Å². The van der Waals surface area contributed by atoms with Gasteiger partial charge in [-0.05, 0) is 38.0 Å². The maximum absolute atomic E-state index is 12.8. The van der Waals surface area contributed by atoms with Gasteiger partial charge in [0.2, 0.25) is 0 Å². The lowest BCUT2D eigenvalue weighted by Gasteiger charge is -2.34. The summed E-state index contributed by atoms with van der Waals surface area (Å²) in [5.41, 5.74) is 2.65. The van der Waals surface area contributed by atoms with Gasteiger partial charge in [-0.15, -0.1) is 11.3 Å². The number of amides is 1. The van der Waals surface area contributed by atoms with Gasteiger partial charge >= 0.3 is 0 Å². The number of hydrogen-bond donors (Lipinski definition) is 0. The fourth-order valence-electron chi connectivity index (χ4n) is 3.39. The van der Waals surface area contributed by atoms with E-state index >= 15 is 0 Å². The van der Waals surface area contributed by atoms with Crippen molar-refractivity contribution in [1.82, 2.24) is 14.8 Å². The molecule has 0 spiro atoms. The van der Waals surface area contributed by atoms with Crippen LogP contribution in [0.1, 0.15) is 48.5 Å². The Morgan fingerprint density at radius 3 is 2.77 bits per heavy atom. The normalized spacial score (nSPS) is 23.8. The monoisotopic (exact) mass is 321 g/mol. The van der Waals surface area contributed by atoms with E-state index in [-0.39, 0.29) is 5.91 Å². The first-order valence-corrected chi connectivity index (χ1v) is 9.37. The van der Waals surface area contributed by atoms with Crippen molar-refractivity contribution in [2.75, 3.05) is 26.2 Å². The van der Waals surface area contributed by atoms with E-state index in [0.717, 1.165) is 42.5 Å². The average Bonchev–Trinajstić information content (AvgIpc) is 3.23. The Hall–Kier alpha value is -0.940. The fraction of sp³-hybridized carbons (Fsp3) is 0.765. The first kappa shape index (κ1) is 15.9. The molecule has 0 aromatic carbocycles. The van der Waals surface area contributed by atoms with Crippen LogP contribution in [0.3, 0.4) is 0 Å². The van der Waals surface area contributed by atoms with Crippen molar-refractivity contribution >= 4 is 17.2 Å². The van der Waals surface area contributed by atoms with Crippen LogP contribution in [0.15, 0.2) is 5.51 Å². The SMILES string of the molecule is Cc1ncsc1C(=O)N1CCCN(CC2CC2)C(C(C)C)C1. The molecule has 0 bridgehead atoms. The van der Waals surface area contributed by atoms with E-state index < -0.39 is 0 Å². The first-order chi connectivity index (χ1) is 10.6. The number of carbonyl (C=O) groups excluding carboxylic acids is 1. The summed E-state index contributed by atoms with van der Waals surface area (Å²) >= 11 is 1.47.